The van der Waals surface area contributed by atoms with Gasteiger partial charge in [0.25, 0.3) is 5.91 Å². The molecule has 5 heteroatoms. The zero-order valence-corrected chi connectivity index (χ0v) is 18.9. The van der Waals surface area contributed by atoms with Crippen LogP contribution in [0, 0.1) is 12.8 Å². The normalized spacial score (nSPS) is 15.1. The standard InChI is InChI=1S/C23H33N3OS/c1-7-25(8-2)19-11-9-10-18(14-19)21(27)24-22-26(15-17-12-13-17)16(3)20(28-22)23(4,5)6/h9-11,14,17H,7-8,12-13,15H2,1-6H3/b24-22-. The molecular weight excluding hydrogens is 366 g/mol. The molecule has 1 aromatic heterocycles. The van der Waals surface area contributed by atoms with Crippen LogP contribution in [0.25, 0.3) is 0 Å². The Morgan fingerprint density at radius 1 is 1.25 bits per heavy atom. The van der Waals surface area contributed by atoms with Gasteiger partial charge in [0.2, 0.25) is 0 Å². The van der Waals surface area contributed by atoms with Crippen molar-refractivity contribution in [2.75, 3.05) is 18.0 Å². The fraction of sp³-hybridized carbons (Fsp3) is 0.565. The minimum absolute atomic E-state index is 0.0551. The number of anilines is 1. The Kier molecular flexibility index (Phi) is 6.13. The average molecular weight is 400 g/mol. The molecule has 0 N–H and O–H groups in total. The van der Waals surface area contributed by atoms with Gasteiger partial charge in [-0.2, -0.15) is 4.99 Å². The van der Waals surface area contributed by atoms with E-state index >= 15 is 0 Å². The lowest BCUT2D eigenvalue weighted by atomic mass is 9.93. The third kappa shape index (κ3) is 4.57. The van der Waals surface area contributed by atoms with Crippen LogP contribution in [0.4, 0.5) is 5.69 Å². The van der Waals surface area contributed by atoms with Crippen molar-refractivity contribution in [3.8, 4) is 0 Å². The number of amides is 1. The summed E-state index contributed by atoms with van der Waals surface area (Å²) in [5.41, 5.74) is 3.05. The van der Waals surface area contributed by atoms with Gasteiger partial charge < -0.3 is 9.47 Å². The van der Waals surface area contributed by atoms with Crippen molar-refractivity contribution in [1.29, 1.82) is 0 Å². The SMILES string of the molecule is CCN(CC)c1cccc(C(=O)/N=c2\sc(C(C)(C)C)c(C)n2CC2CC2)c1. The summed E-state index contributed by atoms with van der Waals surface area (Å²) < 4.78 is 2.27. The van der Waals surface area contributed by atoms with Crippen molar-refractivity contribution in [2.24, 2.45) is 10.9 Å². The summed E-state index contributed by atoms with van der Waals surface area (Å²) >= 11 is 1.67. The van der Waals surface area contributed by atoms with Crippen LogP contribution in [-0.2, 0) is 12.0 Å². The zero-order chi connectivity index (χ0) is 20.5. The van der Waals surface area contributed by atoms with E-state index in [1.165, 1.54) is 23.4 Å². The van der Waals surface area contributed by atoms with E-state index < -0.39 is 0 Å². The Hall–Kier alpha value is -1.88. The van der Waals surface area contributed by atoms with Crippen molar-refractivity contribution in [1.82, 2.24) is 4.57 Å². The van der Waals surface area contributed by atoms with E-state index in [1.54, 1.807) is 11.3 Å². The predicted molar refractivity (Wildman–Crippen MR) is 118 cm³/mol. The highest BCUT2D eigenvalue weighted by atomic mass is 32.1. The highest BCUT2D eigenvalue weighted by Crippen LogP contribution is 2.33. The van der Waals surface area contributed by atoms with E-state index in [-0.39, 0.29) is 11.3 Å². The Bertz CT molecular complexity index is 909. The van der Waals surface area contributed by atoms with Crippen molar-refractivity contribution >= 4 is 22.9 Å². The van der Waals surface area contributed by atoms with E-state index in [4.69, 9.17) is 0 Å². The summed E-state index contributed by atoms with van der Waals surface area (Å²) in [7, 11) is 0. The Labute approximate surface area is 172 Å². The number of hydrogen-bond donors (Lipinski definition) is 0. The molecule has 0 radical (unpaired) electrons. The molecule has 1 fully saturated rings. The number of thiazole rings is 1. The van der Waals surface area contributed by atoms with Gasteiger partial charge in [0, 0.05) is 41.5 Å². The second-order valence-electron chi connectivity index (χ2n) is 8.74. The minimum atomic E-state index is -0.153. The number of aromatic nitrogens is 1. The molecule has 0 spiro atoms. The van der Waals surface area contributed by atoms with Crippen LogP contribution in [-0.4, -0.2) is 23.6 Å². The molecule has 1 aliphatic carbocycles. The van der Waals surface area contributed by atoms with E-state index in [0.717, 1.165) is 36.0 Å². The summed E-state index contributed by atoms with van der Waals surface area (Å²) in [6.07, 6.45) is 2.57. The number of rotatable bonds is 6. The Morgan fingerprint density at radius 3 is 2.50 bits per heavy atom. The fourth-order valence-corrected chi connectivity index (χ4v) is 4.81. The van der Waals surface area contributed by atoms with Gasteiger partial charge in [0.1, 0.15) is 0 Å². The second kappa shape index (κ2) is 8.24. The van der Waals surface area contributed by atoms with Crippen LogP contribution < -0.4 is 9.70 Å². The van der Waals surface area contributed by atoms with Crippen LogP contribution >= 0.6 is 11.3 Å². The summed E-state index contributed by atoms with van der Waals surface area (Å²) in [4.78, 5) is 22.0. The highest BCUT2D eigenvalue weighted by Gasteiger charge is 2.27. The number of carbonyl (C=O) groups is 1. The minimum Gasteiger partial charge on any atom is -0.372 e. The van der Waals surface area contributed by atoms with Gasteiger partial charge in [0.05, 0.1) is 0 Å². The maximum Gasteiger partial charge on any atom is 0.279 e. The lowest BCUT2D eigenvalue weighted by molar-refractivity contribution is 0.0997. The molecule has 0 atom stereocenters. The van der Waals surface area contributed by atoms with E-state index in [1.807, 2.05) is 18.2 Å². The van der Waals surface area contributed by atoms with Crippen LogP contribution in [0.15, 0.2) is 29.3 Å². The molecule has 0 bridgehead atoms. The highest BCUT2D eigenvalue weighted by molar-refractivity contribution is 7.09. The van der Waals surface area contributed by atoms with Gasteiger partial charge in [-0.05, 0) is 63.1 Å². The summed E-state index contributed by atoms with van der Waals surface area (Å²) in [5.74, 6) is 0.585. The average Bonchev–Trinajstić information content (AvgIpc) is 3.41. The largest absolute Gasteiger partial charge is 0.372 e. The quantitative estimate of drug-likeness (QED) is 0.673. The van der Waals surface area contributed by atoms with E-state index in [2.05, 4.69) is 62.1 Å². The third-order valence-corrected chi connectivity index (χ3v) is 7.00. The molecular formula is C23H33N3OS. The van der Waals surface area contributed by atoms with Crippen molar-refractivity contribution in [3.05, 3.63) is 45.2 Å². The van der Waals surface area contributed by atoms with Gasteiger partial charge in [-0.25, -0.2) is 0 Å². The van der Waals surface area contributed by atoms with E-state index in [9.17, 15) is 4.79 Å². The van der Waals surface area contributed by atoms with Gasteiger partial charge in [-0.1, -0.05) is 26.8 Å². The first-order chi connectivity index (χ1) is 13.2. The zero-order valence-electron chi connectivity index (χ0n) is 18.1. The number of nitrogens with zero attached hydrogens (tertiary/aromatic N) is 3. The van der Waals surface area contributed by atoms with Crippen molar-refractivity contribution in [3.63, 3.8) is 0 Å². The smallest absolute Gasteiger partial charge is 0.279 e. The first-order valence-electron chi connectivity index (χ1n) is 10.4. The molecule has 1 heterocycles. The Balaban J connectivity index is 2.00. The summed E-state index contributed by atoms with van der Waals surface area (Å²) in [6.45, 7) is 15.9. The summed E-state index contributed by atoms with van der Waals surface area (Å²) in [5, 5.41) is 0. The van der Waals surface area contributed by atoms with Crippen molar-refractivity contribution < 1.29 is 4.79 Å². The van der Waals surface area contributed by atoms with Crippen LogP contribution in [0.1, 0.15) is 68.4 Å². The topological polar surface area (TPSA) is 37.6 Å². The van der Waals surface area contributed by atoms with Crippen molar-refractivity contribution in [2.45, 2.75) is 66.3 Å². The first kappa shape index (κ1) is 20.8. The molecule has 1 saturated carbocycles. The monoisotopic (exact) mass is 399 g/mol. The third-order valence-electron chi connectivity index (χ3n) is 5.40. The number of benzene rings is 1. The lowest BCUT2D eigenvalue weighted by Crippen LogP contribution is -2.22. The molecule has 152 valence electrons. The van der Waals surface area contributed by atoms with E-state index in [0.29, 0.717) is 5.56 Å². The van der Waals surface area contributed by atoms with Gasteiger partial charge in [-0.3, -0.25) is 4.79 Å². The van der Waals surface area contributed by atoms with Crippen LogP contribution in [0.5, 0.6) is 0 Å². The molecule has 3 rings (SSSR count). The second-order valence-corrected chi connectivity index (χ2v) is 9.72. The van der Waals surface area contributed by atoms with Gasteiger partial charge in [0.15, 0.2) is 4.80 Å². The molecule has 4 nitrogen and oxygen atoms in total. The number of carbonyl (C=O) groups excluding carboxylic acids is 1. The maximum absolute atomic E-state index is 13.0. The lowest BCUT2D eigenvalue weighted by Gasteiger charge is -2.21. The number of hydrogen-bond acceptors (Lipinski definition) is 3. The molecule has 1 aliphatic rings. The molecule has 2 aromatic rings. The molecule has 1 aromatic carbocycles. The maximum atomic E-state index is 13.0. The molecule has 28 heavy (non-hydrogen) atoms. The Morgan fingerprint density at radius 2 is 1.93 bits per heavy atom. The summed E-state index contributed by atoms with van der Waals surface area (Å²) in [6, 6.07) is 7.85. The van der Waals surface area contributed by atoms with Crippen LogP contribution in [0.3, 0.4) is 0 Å². The van der Waals surface area contributed by atoms with Crippen LogP contribution in [0.2, 0.25) is 0 Å². The van der Waals surface area contributed by atoms with Gasteiger partial charge in [-0.15, -0.1) is 11.3 Å². The fourth-order valence-electron chi connectivity index (χ4n) is 3.61. The molecule has 0 saturated heterocycles. The molecule has 0 aliphatic heterocycles. The van der Waals surface area contributed by atoms with Gasteiger partial charge >= 0.3 is 0 Å². The predicted octanol–water partition coefficient (Wildman–Crippen LogP) is 5.15. The molecule has 0 unspecified atom stereocenters. The molecule has 1 amide bonds. The first-order valence-corrected chi connectivity index (χ1v) is 11.2.